The number of pyridine rings is 1. The molecule has 0 aliphatic heterocycles. The molecule has 0 aliphatic carbocycles. The lowest BCUT2D eigenvalue weighted by atomic mass is 10.2. The van der Waals surface area contributed by atoms with Crippen molar-refractivity contribution in [3.63, 3.8) is 0 Å². The Labute approximate surface area is 171 Å². The Kier molecular flexibility index (Phi) is 4.89. The van der Waals surface area contributed by atoms with Crippen LogP contribution in [0.1, 0.15) is 10.5 Å². The van der Waals surface area contributed by atoms with E-state index in [1.165, 1.54) is 30.8 Å². The lowest BCUT2D eigenvalue weighted by Crippen LogP contribution is -2.37. The van der Waals surface area contributed by atoms with E-state index in [9.17, 15) is 14.4 Å². The molecule has 0 bridgehead atoms. The molecule has 8 nitrogen and oxygen atoms in total. The van der Waals surface area contributed by atoms with Crippen molar-refractivity contribution in [3.05, 3.63) is 93.3 Å². The average Bonchev–Trinajstić information content (AvgIpc) is 2.78. The van der Waals surface area contributed by atoms with Crippen LogP contribution in [0.5, 0.6) is 11.5 Å². The van der Waals surface area contributed by atoms with Crippen LogP contribution < -0.4 is 21.3 Å². The highest BCUT2D eigenvalue weighted by atomic mass is 16.5. The summed E-state index contributed by atoms with van der Waals surface area (Å²) in [5.74, 6) is 0.613. The molecule has 0 atom stereocenters. The van der Waals surface area contributed by atoms with Gasteiger partial charge in [0.2, 0.25) is 0 Å². The number of carbonyl (C=O) groups excluding carboxylic acids is 1. The van der Waals surface area contributed by atoms with Gasteiger partial charge in [0, 0.05) is 14.1 Å². The quantitative estimate of drug-likeness (QED) is 0.566. The Morgan fingerprint density at radius 3 is 2.37 bits per heavy atom. The molecule has 0 unspecified atom stereocenters. The number of para-hydroxylation sites is 3. The van der Waals surface area contributed by atoms with Crippen molar-refractivity contribution in [2.75, 3.05) is 5.32 Å². The average molecular weight is 402 g/mol. The molecular formula is C22H18N4O4. The Balaban J connectivity index is 1.68. The molecule has 4 rings (SSSR count). The number of amides is 1. The topological polar surface area (TPSA) is 95.2 Å². The normalized spacial score (nSPS) is 10.7. The third-order valence-electron chi connectivity index (χ3n) is 4.64. The van der Waals surface area contributed by atoms with Crippen molar-refractivity contribution in [2.24, 2.45) is 14.1 Å². The van der Waals surface area contributed by atoms with Gasteiger partial charge < -0.3 is 10.1 Å². The van der Waals surface area contributed by atoms with E-state index >= 15 is 0 Å². The van der Waals surface area contributed by atoms with E-state index in [2.05, 4.69) is 10.3 Å². The summed E-state index contributed by atoms with van der Waals surface area (Å²) in [6.45, 7) is 0. The third kappa shape index (κ3) is 3.46. The number of hydrogen-bond acceptors (Lipinski definition) is 5. The molecule has 2 aromatic carbocycles. The number of anilines is 1. The fraction of sp³-hybridized carbons (Fsp3) is 0.0909. The van der Waals surface area contributed by atoms with Gasteiger partial charge in [0.15, 0.2) is 5.75 Å². The van der Waals surface area contributed by atoms with Crippen LogP contribution >= 0.6 is 0 Å². The van der Waals surface area contributed by atoms with Gasteiger partial charge in [-0.3, -0.25) is 18.7 Å². The first-order valence-corrected chi connectivity index (χ1v) is 9.16. The van der Waals surface area contributed by atoms with Gasteiger partial charge in [0.25, 0.3) is 11.5 Å². The molecule has 2 heterocycles. The first-order chi connectivity index (χ1) is 14.5. The van der Waals surface area contributed by atoms with Crippen molar-refractivity contribution in [1.29, 1.82) is 0 Å². The zero-order chi connectivity index (χ0) is 21.3. The number of rotatable bonds is 4. The van der Waals surface area contributed by atoms with E-state index in [0.29, 0.717) is 17.2 Å². The molecule has 0 saturated heterocycles. The number of nitrogens with one attached hydrogen (secondary N) is 1. The lowest BCUT2D eigenvalue weighted by Gasteiger charge is -2.12. The summed E-state index contributed by atoms with van der Waals surface area (Å²) in [4.78, 5) is 41.5. The fourth-order valence-electron chi connectivity index (χ4n) is 3.04. The van der Waals surface area contributed by atoms with Gasteiger partial charge in [-0.15, -0.1) is 0 Å². The van der Waals surface area contributed by atoms with Gasteiger partial charge in [-0.1, -0.05) is 30.3 Å². The maximum Gasteiger partial charge on any atom is 0.332 e. The number of benzene rings is 2. The summed E-state index contributed by atoms with van der Waals surface area (Å²) in [5, 5.41) is 3.03. The van der Waals surface area contributed by atoms with Crippen LogP contribution in [0.4, 0.5) is 5.69 Å². The van der Waals surface area contributed by atoms with Crippen LogP contribution in [0.2, 0.25) is 0 Å². The highest BCUT2D eigenvalue weighted by molar-refractivity contribution is 6.04. The highest BCUT2D eigenvalue weighted by Gasteiger charge is 2.15. The maximum absolute atomic E-state index is 12.8. The SMILES string of the molecule is Cn1c(=O)c2ccc(C(=O)Nc3ccccc3Oc3ccccc3)nc2n(C)c1=O. The van der Waals surface area contributed by atoms with Crippen LogP contribution in [0.15, 0.2) is 76.3 Å². The summed E-state index contributed by atoms with van der Waals surface area (Å²) < 4.78 is 8.09. The molecule has 8 heteroatoms. The molecule has 1 N–H and O–H groups in total. The van der Waals surface area contributed by atoms with Crippen LogP contribution in [-0.2, 0) is 14.1 Å². The molecule has 0 saturated carbocycles. The van der Waals surface area contributed by atoms with E-state index in [4.69, 9.17) is 4.74 Å². The lowest BCUT2D eigenvalue weighted by molar-refractivity contribution is 0.102. The molecule has 0 radical (unpaired) electrons. The third-order valence-corrected chi connectivity index (χ3v) is 4.64. The molecule has 30 heavy (non-hydrogen) atoms. The zero-order valence-electron chi connectivity index (χ0n) is 16.3. The molecule has 0 aliphatic rings. The summed E-state index contributed by atoms with van der Waals surface area (Å²) in [6.07, 6.45) is 0. The largest absolute Gasteiger partial charge is 0.455 e. The monoisotopic (exact) mass is 402 g/mol. The smallest absolute Gasteiger partial charge is 0.332 e. The van der Waals surface area contributed by atoms with E-state index in [-0.39, 0.29) is 16.7 Å². The number of carbonyl (C=O) groups is 1. The second kappa shape index (κ2) is 7.67. The zero-order valence-corrected chi connectivity index (χ0v) is 16.3. The molecular weight excluding hydrogens is 384 g/mol. The maximum atomic E-state index is 12.8. The van der Waals surface area contributed by atoms with Gasteiger partial charge in [-0.2, -0.15) is 0 Å². The van der Waals surface area contributed by atoms with Crippen LogP contribution in [0.3, 0.4) is 0 Å². The molecule has 0 fully saturated rings. The Morgan fingerprint density at radius 1 is 0.900 bits per heavy atom. The summed E-state index contributed by atoms with van der Waals surface area (Å²) in [5.41, 5.74) is -0.302. The minimum atomic E-state index is -0.515. The van der Waals surface area contributed by atoms with Crippen LogP contribution in [0.25, 0.3) is 11.0 Å². The predicted octanol–water partition coefficient (Wildman–Crippen LogP) is 2.68. The van der Waals surface area contributed by atoms with Crippen LogP contribution in [0, 0.1) is 0 Å². The van der Waals surface area contributed by atoms with Crippen molar-refractivity contribution in [2.45, 2.75) is 0 Å². The first kappa shape index (κ1) is 19.1. The molecule has 2 aromatic heterocycles. The van der Waals surface area contributed by atoms with Crippen molar-refractivity contribution < 1.29 is 9.53 Å². The number of fused-ring (bicyclic) bond motifs is 1. The van der Waals surface area contributed by atoms with Crippen molar-refractivity contribution in [3.8, 4) is 11.5 Å². The molecule has 0 spiro atoms. The van der Waals surface area contributed by atoms with Crippen molar-refractivity contribution in [1.82, 2.24) is 14.1 Å². The minimum Gasteiger partial charge on any atom is -0.455 e. The molecule has 150 valence electrons. The van der Waals surface area contributed by atoms with Crippen LogP contribution in [-0.4, -0.2) is 20.0 Å². The summed E-state index contributed by atoms with van der Waals surface area (Å²) in [7, 11) is 2.90. The van der Waals surface area contributed by atoms with Gasteiger partial charge in [0.1, 0.15) is 17.1 Å². The number of hydrogen-bond donors (Lipinski definition) is 1. The van der Waals surface area contributed by atoms with Crippen molar-refractivity contribution >= 4 is 22.6 Å². The molecule has 4 aromatic rings. The Hall–Kier alpha value is -4.20. The Bertz CT molecular complexity index is 1370. The second-order valence-corrected chi connectivity index (χ2v) is 6.64. The number of aryl methyl sites for hydroxylation is 1. The van der Waals surface area contributed by atoms with Gasteiger partial charge in [0.05, 0.1) is 11.1 Å². The van der Waals surface area contributed by atoms with Gasteiger partial charge >= 0.3 is 5.69 Å². The number of ether oxygens (including phenoxy) is 1. The molecule has 1 amide bonds. The van der Waals surface area contributed by atoms with E-state index in [0.717, 1.165) is 4.57 Å². The first-order valence-electron chi connectivity index (χ1n) is 9.16. The standard InChI is InChI=1S/C22H18N4O4/c1-25-19-15(21(28)26(2)22(25)29)12-13-17(23-19)20(27)24-16-10-6-7-11-18(16)30-14-8-4-3-5-9-14/h3-13H,1-2H3,(H,24,27). The predicted molar refractivity (Wildman–Crippen MR) is 113 cm³/mol. The summed E-state index contributed by atoms with van der Waals surface area (Å²) >= 11 is 0. The van der Waals surface area contributed by atoms with E-state index in [1.807, 2.05) is 30.3 Å². The Morgan fingerprint density at radius 2 is 1.60 bits per heavy atom. The second-order valence-electron chi connectivity index (χ2n) is 6.64. The van der Waals surface area contributed by atoms with Gasteiger partial charge in [-0.05, 0) is 36.4 Å². The highest BCUT2D eigenvalue weighted by Crippen LogP contribution is 2.29. The fourth-order valence-corrected chi connectivity index (χ4v) is 3.04. The number of nitrogens with zero attached hydrogens (tertiary/aromatic N) is 3. The van der Waals surface area contributed by atoms with Gasteiger partial charge in [-0.25, -0.2) is 9.78 Å². The number of aromatic nitrogens is 3. The van der Waals surface area contributed by atoms with E-state index < -0.39 is 17.2 Å². The van der Waals surface area contributed by atoms with E-state index in [1.54, 1.807) is 24.3 Å². The summed E-state index contributed by atoms with van der Waals surface area (Å²) in [6, 6.07) is 19.2. The minimum absolute atomic E-state index is 0.0697.